The van der Waals surface area contributed by atoms with Crippen molar-refractivity contribution in [1.29, 1.82) is 0 Å². The van der Waals surface area contributed by atoms with Gasteiger partial charge in [-0.1, -0.05) is 0 Å². The Morgan fingerprint density at radius 3 is 3.00 bits per heavy atom. The number of aliphatic carboxylic acids is 1. The molecule has 0 aliphatic carbocycles. The fraction of sp³-hybridized carbons (Fsp3) is 0.875. The number of ether oxygens (including phenoxy) is 1. The second kappa shape index (κ2) is 5.42. The highest BCUT2D eigenvalue weighted by Gasteiger charge is 2.18. The average molecular weight is 208 g/mol. The molecule has 0 bridgehead atoms. The molecule has 1 aliphatic rings. The van der Waals surface area contributed by atoms with Crippen molar-refractivity contribution in [2.75, 3.05) is 32.8 Å². The van der Waals surface area contributed by atoms with E-state index in [1.54, 1.807) is 0 Å². The normalized spacial score (nSPS) is 22.2. The summed E-state index contributed by atoms with van der Waals surface area (Å²) in [6.07, 6.45) is 0.948. The van der Waals surface area contributed by atoms with Gasteiger partial charge in [0.15, 0.2) is 0 Å². The van der Waals surface area contributed by atoms with Gasteiger partial charge in [-0.15, -0.1) is 11.6 Å². The third kappa shape index (κ3) is 3.93. The van der Waals surface area contributed by atoms with Crippen molar-refractivity contribution in [2.45, 2.75) is 11.8 Å². The smallest absolute Gasteiger partial charge is 0.322 e. The van der Waals surface area contributed by atoms with E-state index >= 15 is 0 Å². The van der Waals surface area contributed by atoms with Crippen LogP contribution in [0.15, 0.2) is 0 Å². The molecule has 1 rings (SSSR count). The molecule has 0 saturated carbocycles. The van der Waals surface area contributed by atoms with Gasteiger partial charge in [-0.05, 0) is 6.42 Å². The van der Waals surface area contributed by atoms with E-state index in [0.717, 1.165) is 26.1 Å². The first kappa shape index (κ1) is 10.8. The van der Waals surface area contributed by atoms with Crippen LogP contribution in [0.4, 0.5) is 0 Å². The molecule has 4 nitrogen and oxygen atoms in total. The van der Waals surface area contributed by atoms with Crippen LogP contribution in [0.2, 0.25) is 0 Å². The Morgan fingerprint density at radius 1 is 1.54 bits per heavy atom. The maximum Gasteiger partial charge on any atom is 0.322 e. The Balaban J connectivity index is 2.29. The van der Waals surface area contributed by atoms with Gasteiger partial charge in [0.25, 0.3) is 0 Å². The molecule has 1 aliphatic heterocycles. The number of carbonyl (C=O) groups is 1. The van der Waals surface area contributed by atoms with Crippen molar-refractivity contribution in [2.24, 2.45) is 0 Å². The molecule has 1 saturated heterocycles. The lowest BCUT2D eigenvalue weighted by atomic mass is 10.3. The second-order valence-electron chi connectivity index (χ2n) is 3.07. The zero-order valence-corrected chi connectivity index (χ0v) is 8.16. The minimum absolute atomic E-state index is 0.403. The largest absolute Gasteiger partial charge is 0.480 e. The first-order chi connectivity index (χ1) is 6.20. The third-order valence-electron chi connectivity index (χ3n) is 2.00. The van der Waals surface area contributed by atoms with Gasteiger partial charge in [0.05, 0.1) is 6.61 Å². The number of carboxylic acid groups (broad SMARTS) is 1. The van der Waals surface area contributed by atoms with Crippen molar-refractivity contribution in [3.8, 4) is 0 Å². The highest BCUT2D eigenvalue weighted by Crippen LogP contribution is 2.04. The molecule has 1 fully saturated rings. The summed E-state index contributed by atoms with van der Waals surface area (Å²) in [7, 11) is 0. The van der Waals surface area contributed by atoms with Gasteiger partial charge in [0, 0.05) is 26.2 Å². The van der Waals surface area contributed by atoms with Gasteiger partial charge in [-0.2, -0.15) is 0 Å². The summed E-state index contributed by atoms with van der Waals surface area (Å²) < 4.78 is 5.23. The van der Waals surface area contributed by atoms with E-state index in [1.165, 1.54) is 0 Å². The fourth-order valence-corrected chi connectivity index (χ4v) is 1.48. The van der Waals surface area contributed by atoms with Crippen molar-refractivity contribution < 1.29 is 14.6 Å². The predicted molar refractivity (Wildman–Crippen MR) is 49.2 cm³/mol. The van der Waals surface area contributed by atoms with Crippen LogP contribution in [0.1, 0.15) is 6.42 Å². The number of hydrogen-bond acceptors (Lipinski definition) is 3. The number of rotatable bonds is 3. The van der Waals surface area contributed by atoms with Crippen LogP contribution in [-0.4, -0.2) is 54.2 Å². The molecule has 1 unspecified atom stereocenters. The van der Waals surface area contributed by atoms with Crippen molar-refractivity contribution in [3.63, 3.8) is 0 Å². The van der Waals surface area contributed by atoms with Gasteiger partial charge in [-0.3, -0.25) is 9.69 Å². The molecule has 0 radical (unpaired) electrons. The number of hydrogen-bond donors (Lipinski definition) is 1. The van der Waals surface area contributed by atoms with Gasteiger partial charge in [0.1, 0.15) is 5.38 Å². The van der Waals surface area contributed by atoms with Gasteiger partial charge >= 0.3 is 5.97 Å². The summed E-state index contributed by atoms with van der Waals surface area (Å²) in [5, 5.41) is 7.79. The van der Waals surface area contributed by atoms with Gasteiger partial charge in [-0.25, -0.2) is 0 Å². The molecule has 13 heavy (non-hydrogen) atoms. The van der Waals surface area contributed by atoms with Crippen molar-refractivity contribution in [3.05, 3.63) is 0 Å². The summed E-state index contributed by atoms with van der Waals surface area (Å²) in [5.41, 5.74) is 0. The van der Waals surface area contributed by atoms with E-state index in [-0.39, 0.29) is 0 Å². The number of nitrogens with zero attached hydrogens (tertiary/aromatic N) is 1. The lowest BCUT2D eigenvalue weighted by molar-refractivity contribution is -0.136. The second-order valence-corrected chi connectivity index (χ2v) is 3.60. The quantitative estimate of drug-likeness (QED) is 0.681. The van der Waals surface area contributed by atoms with Crippen LogP contribution in [0.25, 0.3) is 0 Å². The molecular weight excluding hydrogens is 194 g/mol. The third-order valence-corrected chi connectivity index (χ3v) is 2.33. The summed E-state index contributed by atoms with van der Waals surface area (Å²) >= 11 is 5.62. The molecule has 0 amide bonds. The monoisotopic (exact) mass is 207 g/mol. The average Bonchev–Trinajstić information content (AvgIpc) is 2.32. The van der Waals surface area contributed by atoms with E-state index < -0.39 is 11.3 Å². The summed E-state index contributed by atoms with van der Waals surface area (Å²) in [4.78, 5) is 12.5. The van der Waals surface area contributed by atoms with E-state index in [9.17, 15) is 4.79 Å². The van der Waals surface area contributed by atoms with Crippen LogP contribution in [-0.2, 0) is 9.53 Å². The standard InChI is InChI=1S/C8H14ClNO3/c9-7(8(11)12)6-10-2-1-4-13-5-3-10/h7H,1-6H2,(H,11,12). The fourth-order valence-electron chi connectivity index (χ4n) is 1.29. The summed E-state index contributed by atoms with van der Waals surface area (Å²) in [6, 6.07) is 0. The van der Waals surface area contributed by atoms with Crippen LogP contribution in [0.3, 0.4) is 0 Å². The predicted octanol–water partition coefficient (Wildman–Crippen LogP) is 0.401. The molecule has 5 heteroatoms. The van der Waals surface area contributed by atoms with E-state index in [4.69, 9.17) is 21.4 Å². The molecule has 1 N–H and O–H groups in total. The van der Waals surface area contributed by atoms with Gasteiger partial charge < -0.3 is 9.84 Å². The Bertz CT molecular complexity index is 169. The van der Waals surface area contributed by atoms with E-state index in [2.05, 4.69) is 0 Å². The Labute approximate surface area is 82.4 Å². The SMILES string of the molecule is O=C(O)C(Cl)CN1CCCOCC1. The zero-order valence-electron chi connectivity index (χ0n) is 7.41. The van der Waals surface area contributed by atoms with E-state index in [1.807, 2.05) is 4.90 Å². The molecule has 0 aromatic rings. The first-order valence-electron chi connectivity index (χ1n) is 4.37. The number of carboxylic acids is 1. The van der Waals surface area contributed by atoms with E-state index in [0.29, 0.717) is 13.2 Å². The maximum atomic E-state index is 10.5. The Morgan fingerprint density at radius 2 is 2.31 bits per heavy atom. The Hall–Kier alpha value is -0.320. The van der Waals surface area contributed by atoms with Gasteiger partial charge in [0.2, 0.25) is 0 Å². The molecular formula is C8H14ClNO3. The maximum absolute atomic E-state index is 10.5. The number of halogens is 1. The Kier molecular flexibility index (Phi) is 4.48. The zero-order chi connectivity index (χ0) is 9.68. The molecule has 1 atom stereocenters. The van der Waals surface area contributed by atoms with Crippen molar-refractivity contribution >= 4 is 17.6 Å². The molecule has 76 valence electrons. The van der Waals surface area contributed by atoms with Crippen LogP contribution in [0.5, 0.6) is 0 Å². The molecule has 1 heterocycles. The summed E-state index contributed by atoms with van der Waals surface area (Å²) in [6.45, 7) is 3.48. The topological polar surface area (TPSA) is 49.8 Å². The minimum Gasteiger partial charge on any atom is -0.480 e. The lowest BCUT2D eigenvalue weighted by Gasteiger charge is -2.19. The van der Waals surface area contributed by atoms with Crippen LogP contribution in [0, 0.1) is 0 Å². The minimum atomic E-state index is -0.952. The highest BCUT2D eigenvalue weighted by molar-refractivity contribution is 6.29. The van der Waals surface area contributed by atoms with Crippen LogP contribution >= 0.6 is 11.6 Å². The molecule has 0 aromatic carbocycles. The highest BCUT2D eigenvalue weighted by atomic mass is 35.5. The molecule has 0 spiro atoms. The van der Waals surface area contributed by atoms with Crippen molar-refractivity contribution in [1.82, 2.24) is 4.90 Å². The lowest BCUT2D eigenvalue weighted by Crippen LogP contribution is -2.35. The first-order valence-corrected chi connectivity index (χ1v) is 4.81. The number of alkyl halides is 1. The summed E-state index contributed by atoms with van der Waals surface area (Å²) in [5.74, 6) is -0.952. The molecule has 0 aromatic heterocycles. The van der Waals surface area contributed by atoms with Crippen LogP contribution < -0.4 is 0 Å².